The third-order valence-corrected chi connectivity index (χ3v) is 12.1. The maximum Gasteiger partial charge on any atom is 0.164 e. The summed E-state index contributed by atoms with van der Waals surface area (Å²) in [6, 6.07) is 53.3. The maximum absolute atomic E-state index is 6.12. The van der Waals surface area contributed by atoms with Gasteiger partial charge in [-0.2, -0.15) is 0 Å². The summed E-state index contributed by atoms with van der Waals surface area (Å²) in [5.41, 5.74) is 7.01. The topological polar surface area (TPSA) is 51.8 Å². The summed E-state index contributed by atoms with van der Waals surface area (Å²) in [4.78, 5) is 15.2. The van der Waals surface area contributed by atoms with Crippen LogP contribution in [0, 0.1) is 0 Å². The first-order valence-corrected chi connectivity index (χ1v) is 18.5. The number of hydrogen-bond acceptors (Lipinski definition) is 6. The fourth-order valence-electron chi connectivity index (χ4n) is 7.27. The smallest absolute Gasteiger partial charge is 0.164 e. The molecule has 0 radical (unpaired) electrons. The molecule has 0 spiro atoms. The van der Waals surface area contributed by atoms with E-state index in [9.17, 15) is 0 Å². The van der Waals surface area contributed by atoms with E-state index in [-0.39, 0.29) is 0 Å². The molecule has 0 saturated heterocycles. The van der Waals surface area contributed by atoms with Crippen LogP contribution in [0.3, 0.4) is 0 Å². The normalized spacial score (nSPS) is 11.9. The van der Waals surface area contributed by atoms with E-state index in [0.717, 1.165) is 38.6 Å². The highest BCUT2D eigenvalue weighted by Crippen LogP contribution is 2.43. The minimum Gasteiger partial charge on any atom is -0.456 e. The zero-order valence-electron chi connectivity index (χ0n) is 27.0. The summed E-state index contributed by atoms with van der Waals surface area (Å²) in [5, 5.41) is 7.18. The lowest BCUT2D eigenvalue weighted by atomic mass is 10.00. The highest BCUT2D eigenvalue weighted by molar-refractivity contribution is 7.26. The number of hydrogen-bond donors (Lipinski definition) is 0. The van der Waals surface area contributed by atoms with E-state index in [1.54, 1.807) is 0 Å². The summed E-state index contributed by atoms with van der Waals surface area (Å²) in [7, 11) is 0. The van der Waals surface area contributed by atoms with Gasteiger partial charge in [0.15, 0.2) is 17.5 Å². The molecule has 4 aromatic heterocycles. The van der Waals surface area contributed by atoms with Crippen molar-refractivity contribution in [2.24, 2.45) is 0 Å². The van der Waals surface area contributed by atoms with Crippen molar-refractivity contribution in [1.82, 2.24) is 15.0 Å². The van der Waals surface area contributed by atoms with Crippen molar-refractivity contribution in [2.75, 3.05) is 0 Å². The molecule has 11 aromatic rings. The van der Waals surface area contributed by atoms with Crippen LogP contribution < -0.4 is 0 Å². The van der Waals surface area contributed by atoms with Crippen LogP contribution in [-0.2, 0) is 0 Å². The second-order valence-electron chi connectivity index (χ2n) is 12.8. The lowest BCUT2D eigenvalue weighted by molar-refractivity contribution is 0.669. The van der Waals surface area contributed by atoms with Gasteiger partial charge in [-0.15, -0.1) is 22.7 Å². The van der Waals surface area contributed by atoms with Crippen LogP contribution in [-0.4, -0.2) is 15.0 Å². The van der Waals surface area contributed by atoms with Gasteiger partial charge in [0.05, 0.1) is 0 Å². The van der Waals surface area contributed by atoms with Crippen molar-refractivity contribution in [2.45, 2.75) is 0 Å². The third-order valence-electron chi connectivity index (χ3n) is 9.75. The predicted molar refractivity (Wildman–Crippen MR) is 215 cm³/mol. The van der Waals surface area contributed by atoms with Crippen LogP contribution in [0.5, 0.6) is 0 Å². The van der Waals surface area contributed by atoms with Gasteiger partial charge in [-0.05, 0) is 71.8 Å². The fourth-order valence-corrected chi connectivity index (χ4v) is 9.58. The lowest BCUT2D eigenvalue weighted by Crippen LogP contribution is -2.00. The van der Waals surface area contributed by atoms with E-state index in [1.165, 1.54) is 51.5 Å². The number of rotatable bonds is 4. The van der Waals surface area contributed by atoms with Crippen LogP contribution in [0.4, 0.5) is 0 Å². The zero-order valence-corrected chi connectivity index (χ0v) is 28.6. The van der Waals surface area contributed by atoms with Crippen LogP contribution in [0.15, 0.2) is 156 Å². The van der Waals surface area contributed by atoms with Crippen molar-refractivity contribution >= 4 is 85.0 Å². The monoisotopic (exact) mass is 687 g/mol. The largest absolute Gasteiger partial charge is 0.456 e. The zero-order chi connectivity index (χ0) is 33.5. The molecular weight excluding hydrogens is 663 g/mol. The Hall–Kier alpha value is -6.21. The van der Waals surface area contributed by atoms with E-state index in [2.05, 4.69) is 91.0 Å². The average molecular weight is 688 g/mol. The van der Waals surface area contributed by atoms with E-state index < -0.39 is 0 Å². The minimum absolute atomic E-state index is 0.625. The minimum atomic E-state index is 0.625. The molecule has 7 aromatic carbocycles. The molecule has 0 aliphatic carbocycles. The predicted octanol–water partition coefficient (Wildman–Crippen LogP) is 13.2. The molecule has 0 saturated carbocycles. The molecule has 0 unspecified atom stereocenters. The number of furan rings is 1. The van der Waals surface area contributed by atoms with Gasteiger partial charge >= 0.3 is 0 Å². The second kappa shape index (κ2) is 11.2. The van der Waals surface area contributed by atoms with Gasteiger partial charge in [0.25, 0.3) is 0 Å². The Bertz CT molecular complexity index is 3160. The summed E-state index contributed by atoms with van der Waals surface area (Å²) < 4.78 is 11.3. The SMILES string of the molecule is c1ccc(-c2nc(-c3ccc4oc5ccccc5c4c3)nc(-c3ccc4sc5ccc(-c6cccc7c6sc6ccccc67)cc5c4c3)n2)cc1. The van der Waals surface area contributed by atoms with E-state index in [4.69, 9.17) is 19.4 Å². The van der Waals surface area contributed by atoms with Crippen LogP contribution in [0.1, 0.15) is 0 Å². The number of nitrogens with zero attached hydrogens (tertiary/aromatic N) is 3. The van der Waals surface area contributed by atoms with Gasteiger partial charge in [0.2, 0.25) is 0 Å². The summed E-state index contributed by atoms with van der Waals surface area (Å²) in [6.45, 7) is 0. The first-order chi connectivity index (χ1) is 25.2. The maximum atomic E-state index is 6.12. The Morgan fingerprint density at radius 2 is 0.922 bits per heavy atom. The molecule has 4 heterocycles. The van der Waals surface area contributed by atoms with Crippen molar-refractivity contribution in [1.29, 1.82) is 0 Å². The Morgan fingerprint density at radius 1 is 0.353 bits per heavy atom. The highest BCUT2D eigenvalue weighted by Gasteiger charge is 2.17. The third kappa shape index (κ3) is 4.61. The van der Waals surface area contributed by atoms with E-state index >= 15 is 0 Å². The summed E-state index contributed by atoms with van der Waals surface area (Å²) in [5.74, 6) is 1.91. The number of para-hydroxylation sites is 1. The standard InChI is InChI=1S/C45H25N3OS2/c1-2-9-26(10-3-1)43-46-44(28-17-20-38-34(24-28)31-11-4-6-15-37(31)49-38)48-45(47-43)29-19-22-41-36(25-29)35-23-27(18-21-40(35)50-41)30-13-8-14-33-32-12-5-7-16-39(32)51-42(30)33/h1-25H. The van der Waals surface area contributed by atoms with E-state index in [1.807, 2.05) is 83.3 Å². The first-order valence-electron chi connectivity index (χ1n) is 16.8. The highest BCUT2D eigenvalue weighted by atomic mass is 32.1. The second-order valence-corrected chi connectivity index (χ2v) is 14.9. The molecule has 0 bridgehead atoms. The van der Waals surface area contributed by atoms with Crippen molar-refractivity contribution in [3.8, 4) is 45.3 Å². The van der Waals surface area contributed by atoms with Gasteiger partial charge in [-0.25, -0.2) is 15.0 Å². The summed E-state index contributed by atoms with van der Waals surface area (Å²) in [6.07, 6.45) is 0. The molecule has 0 fully saturated rings. The molecule has 0 N–H and O–H groups in total. The number of fused-ring (bicyclic) bond motifs is 9. The molecule has 51 heavy (non-hydrogen) atoms. The average Bonchev–Trinajstić information content (AvgIpc) is 3.88. The van der Waals surface area contributed by atoms with Gasteiger partial charge < -0.3 is 4.42 Å². The Balaban J connectivity index is 1.08. The van der Waals surface area contributed by atoms with Crippen molar-refractivity contribution in [3.63, 3.8) is 0 Å². The Kier molecular flexibility index (Phi) is 6.26. The van der Waals surface area contributed by atoms with Gasteiger partial charge in [-0.1, -0.05) is 91.0 Å². The quantitative estimate of drug-likeness (QED) is 0.185. The molecule has 238 valence electrons. The molecule has 0 amide bonds. The Morgan fingerprint density at radius 3 is 1.73 bits per heavy atom. The Labute approximate surface area is 299 Å². The first kappa shape index (κ1) is 28.6. The summed E-state index contributed by atoms with van der Waals surface area (Å²) >= 11 is 3.69. The van der Waals surface area contributed by atoms with Gasteiger partial charge in [0.1, 0.15) is 11.2 Å². The van der Waals surface area contributed by atoms with Crippen LogP contribution in [0.25, 0.3) is 108 Å². The van der Waals surface area contributed by atoms with Crippen molar-refractivity contribution < 1.29 is 4.42 Å². The molecule has 0 atom stereocenters. The lowest BCUT2D eigenvalue weighted by Gasteiger charge is -2.09. The van der Waals surface area contributed by atoms with Gasteiger partial charge in [0, 0.05) is 67.8 Å². The molecular formula is C45H25N3OS2. The number of thiophene rings is 2. The van der Waals surface area contributed by atoms with Crippen molar-refractivity contribution in [3.05, 3.63) is 152 Å². The molecule has 4 nitrogen and oxygen atoms in total. The van der Waals surface area contributed by atoms with Crippen LogP contribution in [0.2, 0.25) is 0 Å². The fraction of sp³-hybridized carbons (Fsp3) is 0. The molecule has 6 heteroatoms. The molecule has 11 rings (SSSR count). The molecule has 0 aliphatic heterocycles. The van der Waals surface area contributed by atoms with Crippen LogP contribution >= 0.6 is 22.7 Å². The van der Waals surface area contributed by atoms with E-state index in [0.29, 0.717) is 17.5 Å². The van der Waals surface area contributed by atoms with Gasteiger partial charge in [-0.3, -0.25) is 0 Å². The number of benzene rings is 7. The number of aromatic nitrogens is 3. The molecule has 0 aliphatic rings.